The zero-order chi connectivity index (χ0) is 19.2. The largest absolute Gasteiger partial charge is 0.497 e. The Morgan fingerprint density at radius 2 is 1.85 bits per heavy atom. The maximum atomic E-state index is 12.4. The Labute approximate surface area is 159 Å². The van der Waals surface area contributed by atoms with E-state index in [-0.39, 0.29) is 24.2 Å². The highest BCUT2D eigenvalue weighted by molar-refractivity contribution is 6.00. The van der Waals surface area contributed by atoms with Crippen molar-refractivity contribution in [2.24, 2.45) is 5.92 Å². The molecule has 142 valence electrons. The third-order valence-electron chi connectivity index (χ3n) is 4.63. The summed E-state index contributed by atoms with van der Waals surface area (Å²) < 4.78 is 10.7. The number of hydrogen-bond donors (Lipinski definition) is 1. The molecule has 2 aromatic carbocycles. The van der Waals surface area contributed by atoms with Crippen LogP contribution >= 0.6 is 0 Å². The number of ether oxygens (including phenoxy) is 2. The van der Waals surface area contributed by atoms with Crippen molar-refractivity contribution in [3.05, 3.63) is 54.1 Å². The molecule has 0 radical (unpaired) electrons. The van der Waals surface area contributed by atoms with E-state index in [1.54, 1.807) is 12.0 Å². The number of carbonyl (C=O) groups excluding carboxylic acids is 2. The molecule has 1 saturated heterocycles. The van der Waals surface area contributed by atoms with Gasteiger partial charge >= 0.3 is 0 Å². The van der Waals surface area contributed by atoms with Gasteiger partial charge in [-0.25, -0.2) is 0 Å². The number of amides is 2. The first kappa shape index (κ1) is 18.8. The van der Waals surface area contributed by atoms with Gasteiger partial charge in [-0.1, -0.05) is 18.2 Å². The van der Waals surface area contributed by atoms with Crippen LogP contribution in [0.4, 0.5) is 5.69 Å². The molecule has 1 atom stereocenters. The minimum Gasteiger partial charge on any atom is -0.497 e. The molecule has 2 amide bonds. The number of methoxy groups -OCH3 is 1. The number of anilines is 1. The minimum atomic E-state index is -0.335. The van der Waals surface area contributed by atoms with Crippen LogP contribution in [0.15, 0.2) is 48.5 Å². The fourth-order valence-electron chi connectivity index (χ4n) is 3.14. The van der Waals surface area contributed by atoms with E-state index in [2.05, 4.69) is 5.32 Å². The monoisotopic (exact) mass is 368 g/mol. The van der Waals surface area contributed by atoms with Gasteiger partial charge in [0.05, 0.1) is 19.6 Å². The summed E-state index contributed by atoms with van der Waals surface area (Å²) in [7, 11) is 1.61. The molecule has 2 aromatic rings. The summed E-state index contributed by atoms with van der Waals surface area (Å²) in [6.45, 7) is 3.13. The molecule has 1 aliphatic rings. The lowest BCUT2D eigenvalue weighted by molar-refractivity contribution is -0.126. The van der Waals surface area contributed by atoms with Crippen LogP contribution in [0.1, 0.15) is 12.0 Å². The number of hydrogen-bond acceptors (Lipinski definition) is 4. The van der Waals surface area contributed by atoms with Gasteiger partial charge in [0.1, 0.15) is 18.1 Å². The second-order valence-electron chi connectivity index (χ2n) is 6.51. The van der Waals surface area contributed by atoms with Crippen LogP contribution < -0.4 is 19.7 Å². The highest BCUT2D eigenvalue weighted by atomic mass is 16.5. The highest BCUT2D eigenvalue weighted by Crippen LogP contribution is 2.27. The van der Waals surface area contributed by atoms with Gasteiger partial charge < -0.3 is 19.7 Å². The summed E-state index contributed by atoms with van der Waals surface area (Å²) in [5.74, 6) is 1.02. The van der Waals surface area contributed by atoms with E-state index in [0.29, 0.717) is 25.4 Å². The minimum absolute atomic E-state index is 0.0149. The molecule has 1 unspecified atom stereocenters. The number of nitrogens with one attached hydrogen (secondary N) is 1. The molecule has 1 N–H and O–H groups in total. The first-order chi connectivity index (χ1) is 13.1. The molecule has 1 fully saturated rings. The van der Waals surface area contributed by atoms with Crippen molar-refractivity contribution >= 4 is 17.5 Å². The normalized spacial score (nSPS) is 16.3. The molecule has 0 aromatic heterocycles. The van der Waals surface area contributed by atoms with E-state index < -0.39 is 0 Å². The van der Waals surface area contributed by atoms with Gasteiger partial charge in [-0.3, -0.25) is 9.59 Å². The second kappa shape index (κ2) is 8.58. The molecular weight excluding hydrogens is 344 g/mol. The fraction of sp³-hybridized carbons (Fsp3) is 0.333. The third kappa shape index (κ3) is 4.58. The maximum Gasteiger partial charge on any atom is 0.227 e. The number of rotatable bonds is 7. The first-order valence-electron chi connectivity index (χ1n) is 8.99. The molecule has 3 rings (SSSR count). The maximum absolute atomic E-state index is 12.4. The zero-order valence-corrected chi connectivity index (χ0v) is 15.6. The van der Waals surface area contributed by atoms with E-state index in [1.165, 1.54) is 0 Å². The summed E-state index contributed by atoms with van der Waals surface area (Å²) in [6, 6.07) is 15.0. The molecule has 1 aliphatic heterocycles. The SMILES string of the molecule is COc1ccc(OCCNC(=O)C2CC(=O)N(c3ccccc3C)C2)cc1. The van der Waals surface area contributed by atoms with Gasteiger partial charge in [0.2, 0.25) is 11.8 Å². The van der Waals surface area contributed by atoms with Crippen LogP contribution in [0.25, 0.3) is 0 Å². The number of aryl methyl sites for hydroxylation is 1. The van der Waals surface area contributed by atoms with Gasteiger partial charge in [-0.15, -0.1) is 0 Å². The number of benzene rings is 2. The summed E-state index contributed by atoms with van der Waals surface area (Å²) in [4.78, 5) is 26.4. The summed E-state index contributed by atoms with van der Waals surface area (Å²) in [5, 5.41) is 2.86. The van der Waals surface area contributed by atoms with Gasteiger partial charge in [0, 0.05) is 18.7 Å². The molecule has 1 heterocycles. The molecule has 0 aliphatic carbocycles. The smallest absolute Gasteiger partial charge is 0.227 e. The Hall–Kier alpha value is -3.02. The first-order valence-corrected chi connectivity index (χ1v) is 8.99. The number of carbonyl (C=O) groups is 2. The number of nitrogens with zero attached hydrogens (tertiary/aromatic N) is 1. The van der Waals surface area contributed by atoms with E-state index in [0.717, 1.165) is 17.0 Å². The van der Waals surface area contributed by atoms with Crippen molar-refractivity contribution in [2.45, 2.75) is 13.3 Å². The molecule has 6 heteroatoms. The lowest BCUT2D eigenvalue weighted by atomic mass is 10.1. The molecule has 0 saturated carbocycles. The molecular formula is C21H24N2O4. The van der Waals surface area contributed by atoms with E-state index in [9.17, 15) is 9.59 Å². The summed E-state index contributed by atoms with van der Waals surface area (Å²) >= 11 is 0. The van der Waals surface area contributed by atoms with Crippen LogP contribution in [0.2, 0.25) is 0 Å². The quantitative estimate of drug-likeness (QED) is 0.763. The fourth-order valence-corrected chi connectivity index (χ4v) is 3.14. The Kier molecular flexibility index (Phi) is 5.96. The highest BCUT2D eigenvalue weighted by Gasteiger charge is 2.35. The van der Waals surface area contributed by atoms with E-state index in [1.807, 2.05) is 55.5 Å². The van der Waals surface area contributed by atoms with Crippen molar-refractivity contribution in [3.8, 4) is 11.5 Å². The summed E-state index contributed by atoms with van der Waals surface area (Å²) in [5.41, 5.74) is 1.90. The van der Waals surface area contributed by atoms with Crippen molar-refractivity contribution < 1.29 is 19.1 Å². The molecule has 27 heavy (non-hydrogen) atoms. The van der Waals surface area contributed by atoms with Gasteiger partial charge in [0.25, 0.3) is 0 Å². The van der Waals surface area contributed by atoms with Crippen LogP contribution in [0.3, 0.4) is 0 Å². The zero-order valence-electron chi connectivity index (χ0n) is 15.6. The number of para-hydroxylation sites is 1. The van der Waals surface area contributed by atoms with Crippen LogP contribution in [0.5, 0.6) is 11.5 Å². The van der Waals surface area contributed by atoms with Crippen molar-refractivity contribution in [3.63, 3.8) is 0 Å². The predicted octanol–water partition coefficient (Wildman–Crippen LogP) is 2.55. The van der Waals surface area contributed by atoms with E-state index >= 15 is 0 Å². The Morgan fingerprint density at radius 1 is 1.15 bits per heavy atom. The van der Waals surface area contributed by atoms with Gasteiger partial charge in [-0.2, -0.15) is 0 Å². The lowest BCUT2D eigenvalue weighted by Crippen LogP contribution is -2.35. The summed E-state index contributed by atoms with van der Waals surface area (Å²) in [6.07, 6.45) is 0.236. The van der Waals surface area contributed by atoms with Gasteiger partial charge in [0.15, 0.2) is 0 Å². The average molecular weight is 368 g/mol. The van der Waals surface area contributed by atoms with Crippen molar-refractivity contribution in [1.29, 1.82) is 0 Å². The van der Waals surface area contributed by atoms with Crippen molar-refractivity contribution in [2.75, 3.05) is 31.7 Å². The Balaban J connectivity index is 1.46. The lowest BCUT2D eigenvalue weighted by Gasteiger charge is -2.19. The van der Waals surface area contributed by atoms with Crippen molar-refractivity contribution in [1.82, 2.24) is 5.32 Å². The van der Waals surface area contributed by atoms with Crippen LogP contribution in [-0.4, -0.2) is 38.6 Å². The molecule has 0 spiro atoms. The molecule has 0 bridgehead atoms. The van der Waals surface area contributed by atoms with Crippen LogP contribution in [-0.2, 0) is 9.59 Å². The van der Waals surface area contributed by atoms with E-state index in [4.69, 9.17) is 9.47 Å². The van der Waals surface area contributed by atoms with Gasteiger partial charge in [-0.05, 0) is 42.8 Å². The Bertz CT molecular complexity index is 804. The van der Waals surface area contributed by atoms with Crippen LogP contribution in [0, 0.1) is 12.8 Å². The third-order valence-corrected chi connectivity index (χ3v) is 4.63. The second-order valence-corrected chi connectivity index (χ2v) is 6.51. The molecule has 6 nitrogen and oxygen atoms in total. The Morgan fingerprint density at radius 3 is 2.56 bits per heavy atom. The standard InChI is InChI=1S/C21H24N2O4/c1-15-5-3-4-6-19(15)23-14-16(13-20(23)24)21(25)22-11-12-27-18-9-7-17(26-2)8-10-18/h3-10,16H,11-14H2,1-2H3,(H,22,25). The topological polar surface area (TPSA) is 67.9 Å². The average Bonchev–Trinajstić information content (AvgIpc) is 3.07. The predicted molar refractivity (Wildman–Crippen MR) is 103 cm³/mol.